The fourth-order valence-corrected chi connectivity index (χ4v) is 1.46. The smallest absolute Gasteiger partial charge is 0.0178 e. The fraction of sp³-hybridized carbons (Fsp3) is 0.500. The summed E-state index contributed by atoms with van der Waals surface area (Å²) < 4.78 is 0. The molecule has 0 fully saturated rings. The standard InChI is InChI=1S/C12H19NS/c1-9(14)12(2,3)11-6-4-10(8-13)5-7-11/h4-7,9,14H,8,13H2,1-3H3. The van der Waals surface area contributed by atoms with E-state index in [0.717, 1.165) is 0 Å². The Morgan fingerprint density at radius 3 is 2.14 bits per heavy atom. The Labute approximate surface area is 92.1 Å². The van der Waals surface area contributed by atoms with Crippen LogP contribution in [0.1, 0.15) is 31.9 Å². The maximum absolute atomic E-state index is 5.55. The first-order valence-electron chi connectivity index (χ1n) is 4.96. The highest BCUT2D eigenvalue weighted by molar-refractivity contribution is 7.81. The Hall–Kier alpha value is -0.470. The summed E-state index contributed by atoms with van der Waals surface area (Å²) in [6.45, 7) is 7.15. The molecule has 0 radical (unpaired) electrons. The normalized spacial score (nSPS) is 14.1. The highest BCUT2D eigenvalue weighted by Crippen LogP contribution is 2.30. The molecule has 0 aliphatic heterocycles. The van der Waals surface area contributed by atoms with Crippen molar-refractivity contribution >= 4 is 12.6 Å². The number of hydrogen-bond acceptors (Lipinski definition) is 2. The lowest BCUT2D eigenvalue weighted by Gasteiger charge is -2.29. The number of rotatable bonds is 3. The molecular weight excluding hydrogens is 190 g/mol. The minimum atomic E-state index is 0.107. The Morgan fingerprint density at radius 1 is 1.29 bits per heavy atom. The SMILES string of the molecule is CC(S)C(C)(C)c1ccc(CN)cc1. The number of nitrogens with two attached hydrogens (primary N) is 1. The highest BCUT2D eigenvalue weighted by Gasteiger charge is 2.24. The van der Waals surface area contributed by atoms with E-state index in [2.05, 4.69) is 57.7 Å². The summed E-state index contributed by atoms with van der Waals surface area (Å²) in [6.07, 6.45) is 0. The summed E-state index contributed by atoms with van der Waals surface area (Å²) in [4.78, 5) is 0. The van der Waals surface area contributed by atoms with Gasteiger partial charge in [0, 0.05) is 17.2 Å². The van der Waals surface area contributed by atoms with Crippen LogP contribution in [0.25, 0.3) is 0 Å². The average molecular weight is 209 g/mol. The summed E-state index contributed by atoms with van der Waals surface area (Å²) in [5, 5.41) is 0.339. The van der Waals surface area contributed by atoms with Gasteiger partial charge in [-0.15, -0.1) is 0 Å². The van der Waals surface area contributed by atoms with Crippen molar-refractivity contribution in [2.45, 2.75) is 38.0 Å². The Bertz CT molecular complexity index is 288. The van der Waals surface area contributed by atoms with Gasteiger partial charge >= 0.3 is 0 Å². The van der Waals surface area contributed by atoms with Gasteiger partial charge in [-0.25, -0.2) is 0 Å². The molecule has 0 aromatic heterocycles. The molecule has 78 valence electrons. The van der Waals surface area contributed by atoms with Crippen molar-refractivity contribution in [3.63, 3.8) is 0 Å². The maximum Gasteiger partial charge on any atom is 0.0178 e. The van der Waals surface area contributed by atoms with Gasteiger partial charge in [0.05, 0.1) is 0 Å². The molecule has 1 unspecified atom stereocenters. The topological polar surface area (TPSA) is 26.0 Å². The van der Waals surface area contributed by atoms with E-state index in [1.54, 1.807) is 0 Å². The summed E-state index contributed by atoms with van der Waals surface area (Å²) >= 11 is 4.51. The molecule has 14 heavy (non-hydrogen) atoms. The van der Waals surface area contributed by atoms with Crippen LogP contribution < -0.4 is 5.73 Å². The van der Waals surface area contributed by atoms with Crippen molar-refractivity contribution in [2.75, 3.05) is 0 Å². The molecule has 1 aromatic carbocycles. The molecule has 1 nitrogen and oxygen atoms in total. The van der Waals surface area contributed by atoms with Gasteiger partial charge < -0.3 is 5.73 Å². The van der Waals surface area contributed by atoms with Crippen molar-refractivity contribution in [2.24, 2.45) is 5.73 Å². The molecule has 2 N–H and O–H groups in total. The Kier molecular flexibility index (Phi) is 3.62. The van der Waals surface area contributed by atoms with Crippen LogP contribution in [0, 0.1) is 0 Å². The van der Waals surface area contributed by atoms with Crippen molar-refractivity contribution in [1.82, 2.24) is 0 Å². The average Bonchev–Trinajstić information content (AvgIpc) is 2.17. The van der Waals surface area contributed by atoms with Crippen LogP contribution in [0.5, 0.6) is 0 Å². The van der Waals surface area contributed by atoms with Gasteiger partial charge in [-0.3, -0.25) is 0 Å². The third-order valence-electron chi connectivity index (χ3n) is 2.98. The molecule has 0 aliphatic carbocycles. The van der Waals surface area contributed by atoms with Crippen LogP contribution in [-0.4, -0.2) is 5.25 Å². The largest absolute Gasteiger partial charge is 0.326 e. The molecule has 0 aliphatic rings. The zero-order valence-corrected chi connectivity index (χ0v) is 10.0. The Morgan fingerprint density at radius 2 is 1.79 bits per heavy atom. The van der Waals surface area contributed by atoms with E-state index >= 15 is 0 Å². The maximum atomic E-state index is 5.55. The van der Waals surface area contributed by atoms with Crippen LogP contribution in [0.4, 0.5) is 0 Å². The fourth-order valence-electron chi connectivity index (χ4n) is 1.31. The van der Waals surface area contributed by atoms with Crippen molar-refractivity contribution in [1.29, 1.82) is 0 Å². The second-order valence-electron chi connectivity index (χ2n) is 4.30. The van der Waals surface area contributed by atoms with Gasteiger partial charge in [0.25, 0.3) is 0 Å². The molecular formula is C12H19NS. The van der Waals surface area contributed by atoms with E-state index in [1.807, 2.05) is 0 Å². The van der Waals surface area contributed by atoms with Crippen LogP contribution in [0.15, 0.2) is 24.3 Å². The first-order chi connectivity index (χ1) is 6.48. The molecule has 1 rings (SSSR count). The molecule has 0 spiro atoms. The minimum Gasteiger partial charge on any atom is -0.326 e. The number of hydrogen-bond donors (Lipinski definition) is 2. The minimum absolute atomic E-state index is 0.107. The van der Waals surface area contributed by atoms with E-state index in [4.69, 9.17) is 5.73 Å². The van der Waals surface area contributed by atoms with Gasteiger partial charge in [0.15, 0.2) is 0 Å². The number of thiol groups is 1. The lowest BCUT2D eigenvalue weighted by Crippen LogP contribution is -2.27. The quantitative estimate of drug-likeness (QED) is 0.736. The van der Waals surface area contributed by atoms with Crippen LogP contribution in [0.3, 0.4) is 0 Å². The van der Waals surface area contributed by atoms with Crippen LogP contribution in [-0.2, 0) is 12.0 Å². The summed E-state index contributed by atoms with van der Waals surface area (Å²) in [5.41, 5.74) is 8.16. The molecule has 2 heteroatoms. The molecule has 0 saturated carbocycles. The predicted molar refractivity (Wildman–Crippen MR) is 65.8 cm³/mol. The van der Waals surface area contributed by atoms with Crippen molar-refractivity contribution in [3.8, 4) is 0 Å². The summed E-state index contributed by atoms with van der Waals surface area (Å²) in [5.74, 6) is 0. The third-order valence-corrected chi connectivity index (χ3v) is 3.62. The molecule has 0 heterocycles. The van der Waals surface area contributed by atoms with Gasteiger partial charge in [0.2, 0.25) is 0 Å². The molecule has 1 atom stereocenters. The highest BCUT2D eigenvalue weighted by atomic mass is 32.1. The Balaban J connectivity index is 2.97. The van der Waals surface area contributed by atoms with E-state index in [0.29, 0.717) is 11.8 Å². The van der Waals surface area contributed by atoms with E-state index in [1.165, 1.54) is 11.1 Å². The summed E-state index contributed by atoms with van der Waals surface area (Å²) in [7, 11) is 0. The second-order valence-corrected chi connectivity index (χ2v) is 5.07. The number of benzene rings is 1. The van der Waals surface area contributed by atoms with Gasteiger partial charge in [-0.05, 0) is 11.1 Å². The molecule has 1 aromatic rings. The lowest BCUT2D eigenvalue weighted by molar-refractivity contribution is 0.522. The van der Waals surface area contributed by atoms with Crippen molar-refractivity contribution < 1.29 is 0 Å². The van der Waals surface area contributed by atoms with E-state index in [-0.39, 0.29) is 5.41 Å². The first kappa shape index (κ1) is 11.6. The van der Waals surface area contributed by atoms with Crippen LogP contribution in [0.2, 0.25) is 0 Å². The second kappa shape index (κ2) is 4.37. The van der Waals surface area contributed by atoms with Crippen molar-refractivity contribution in [3.05, 3.63) is 35.4 Å². The third kappa shape index (κ3) is 2.31. The monoisotopic (exact) mass is 209 g/mol. The van der Waals surface area contributed by atoms with Crippen LogP contribution >= 0.6 is 12.6 Å². The van der Waals surface area contributed by atoms with Gasteiger partial charge in [-0.1, -0.05) is 45.0 Å². The van der Waals surface area contributed by atoms with Gasteiger partial charge in [-0.2, -0.15) is 12.6 Å². The summed E-state index contributed by atoms with van der Waals surface area (Å²) in [6, 6.07) is 8.48. The molecule has 0 bridgehead atoms. The zero-order valence-electron chi connectivity index (χ0n) is 9.12. The predicted octanol–water partition coefficient (Wildman–Crippen LogP) is 2.74. The zero-order chi connectivity index (χ0) is 10.8. The first-order valence-corrected chi connectivity index (χ1v) is 5.47. The van der Waals surface area contributed by atoms with E-state index < -0.39 is 0 Å². The molecule has 0 saturated heterocycles. The van der Waals surface area contributed by atoms with E-state index in [9.17, 15) is 0 Å². The molecule has 0 amide bonds. The lowest BCUT2D eigenvalue weighted by atomic mass is 9.81. The van der Waals surface area contributed by atoms with Gasteiger partial charge in [0.1, 0.15) is 0 Å².